The number of rotatable bonds is 3. The van der Waals surface area contributed by atoms with Crippen molar-refractivity contribution in [1.82, 2.24) is 9.55 Å². The Bertz CT molecular complexity index is 614. The smallest absolute Gasteiger partial charge is 0.330 e. The molecule has 0 aliphatic carbocycles. The minimum Gasteiger partial charge on any atom is -0.394 e. The minimum absolute atomic E-state index is 0.0511. The van der Waals surface area contributed by atoms with E-state index in [0.717, 1.165) is 6.20 Å². The van der Waals surface area contributed by atoms with Gasteiger partial charge in [0.2, 0.25) is 5.72 Å². The maximum Gasteiger partial charge on any atom is 0.330 e. The summed E-state index contributed by atoms with van der Waals surface area (Å²) in [5.41, 5.74) is -4.10. The number of nitrogens with zero attached hydrogens (tertiary/aromatic N) is 1. The molecule has 112 valence electrons. The molecule has 1 saturated heterocycles. The number of hydrogen-bond donors (Lipinski definition) is 3. The molecule has 20 heavy (non-hydrogen) atoms. The predicted octanol–water partition coefficient (Wildman–Crippen LogP) is -1.09. The van der Waals surface area contributed by atoms with Gasteiger partial charge in [0.25, 0.3) is 12.0 Å². The van der Waals surface area contributed by atoms with Gasteiger partial charge in [0.1, 0.15) is 6.10 Å². The van der Waals surface area contributed by atoms with Crippen molar-refractivity contribution in [1.29, 1.82) is 0 Å². The summed E-state index contributed by atoms with van der Waals surface area (Å²) in [5.74, 6) is 0. The van der Waals surface area contributed by atoms with Gasteiger partial charge in [-0.25, -0.2) is 13.6 Å². The Labute approximate surface area is 111 Å². The first-order valence-corrected chi connectivity index (χ1v) is 5.90. The molecule has 7 nitrogen and oxygen atoms in total. The lowest BCUT2D eigenvalue weighted by molar-refractivity contribution is -0.193. The number of aromatic nitrogens is 2. The lowest BCUT2D eigenvalue weighted by Crippen LogP contribution is -2.49. The summed E-state index contributed by atoms with van der Waals surface area (Å²) in [4.78, 5) is 24.9. The van der Waals surface area contributed by atoms with Crippen LogP contribution >= 0.6 is 0 Å². The predicted molar refractivity (Wildman–Crippen MR) is 62.6 cm³/mol. The van der Waals surface area contributed by atoms with E-state index in [0.29, 0.717) is 4.57 Å². The summed E-state index contributed by atoms with van der Waals surface area (Å²) in [6.45, 7) is 0.690. The minimum atomic E-state index is -3.13. The molecule has 0 saturated carbocycles. The molecular weight excluding hydrogens is 278 g/mol. The number of ether oxygens (including phenoxy) is 1. The number of aliphatic hydroxyl groups excluding tert-OH is 2. The molecule has 1 aliphatic rings. The van der Waals surface area contributed by atoms with E-state index in [9.17, 15) is 23.5 Å². The van der Waals surface area contributed by atoms with Crippen LogP contribution in [0.3, 0.4) is 0 Å². The summed E-state index contributed by atoms with van der Waals surface area (Å²) in [7, 11) is 0. The molecule has 0 unspecified atom stereocenters. The Kier molecular flexibility index (Phi) is 3.76. The third kappa shape index (κ3) is 2.17. The van der Waals surface area contributed by atoms with Crippen molar-refractivity contribution in [2.24, 2.45) is 0 Å². The van der Waals surface area contributed by atoms with Crippen molar-refractivity contribution in [3.63, 3.8) is 0 Å². The first-order valence-electron chi connectivity index (χ1n) is 5.90. The highest BCUT2D eigenvalue weighted by Gasteiger charge is 2.54. The van der Waals surface area contributed by atoms with Crippen LogP contribution in [0.2, 0.25) is 0 Å². The molecule has 9 heteroatoms. The zero-order valence-electron chi connectivity index (χ0n) is 10.5. The van der Waals surface area contributed by atoms with Gasteiger partial charge in [0, 0.05) is 18.2 Å². The molecule has 1 aromatic rings. The van der Waals surface area contributed by atoms with Crippen LogP contribution in [0.15, 0.2) is 15.8 Å². The highest BCUT2D eigenvalue weighted by atomic mass is 19.3. The zero-order valence-corrected chi connectivity index (χ0v) is 10.5. The number of aromatic amines is 1. The molecule has 0 bridgehead atoms. The summed E-state index contributed by atoms with van der Waals surface area (Å²) in [6.07, 6.45) is -5.30. The quantitative estimate of drug-likeness (QED) is 0.656. The lowest BCUT2D eigenvalue weighted by Gasteiger charge is -2.30. The fraction of sp³-hybridized carbons (Fsp3) is 0.636. The first-order chi connectivity index (χ1) is 9.31. The number of alkyl halides is 2. The number of hydrogen-bond acceptors (Lipinski definition) is 5. The fourth-order valence-electron chi connectivity index (χ4n) is 2.23. The average molecular weight is 292 g/mol. The second kappa shape index (κ2) is 5.08. The summed E-state index contributed by atoms with van der Waals surface area (Å²) >= 11 is 0. The van der Waals surface area contributed by atoms with Crippen molar-refractivity contribution in [3.8, 4) is 0 Å². The van der Waals surface area contributed by atoms with E-state index in [1.165, 1.54) is 6.92 Å². The Morgan fingerprint density at radius 2 is 2.25 bits per heavy atom. The van der Waals surface area contributed by atoms with E-state index >= 15 is 0 Å². The molecule has 3 atom stereocenters. The van der Waals surface area contributed by atoms with Gasteiger partial charge in [0.05, 0.1) is 12.7 Å². The van der Waals surface area contributed by atoms with Crippen LogP contribution < -0.4 is 11.2 Å². The average Bonchev–Trinajstić information content (AvgIpc) is 2.72. The maximum absolute atomic E-state index is 13.4. The summed E-state index contributed by atoms with van der Waals surface area (Å²) in [5, 5.41) is 18.6. The third-order valence-corrected chi connectivity index (χ3v) is 3.34. The van der Waals surface area contributed by atoms with Gasteiger partial charge in [-0.05, 0) is 6.92 Å². The van der Waals surface area contributed by atoms with Crippen LogP contribution in [0.5, 0.6) is 0 Å². The highest BCUT2D eigenvalue weighted by Crippen LogP contribution is 2.39. The van der Waals surface area contributed by atoms with E-state index in [4.69, 9.17) is 9.84 Å². The number of nitrogens with one attached hydrogen (secondary N) is 1. The Hall–Kier alpha value is -1.58. The van der Waals surface area contributed by atoms with Gasteiger partial charge in [-0.1, -0.05) is 0 Å². The van der Waals surface area contributed by atoms with Gasteiger partial charge in [-0.3, -0.25) is 14.3 Å². The monoisotopic (exact) mass is 292 g/mol. The summed E-state index contributed by atoms with van der Waals surface area (Å²) in [6, 6.07) is 0. The second-order valence-corrected chi connectivity index (χ2v) is 4.70. The normalized spacial score (nSPS) is 30.1. The Morgan fingerprint density at radius 3 is 2.75 bits per heavy atom. The molecule has 0 amide bonds. The van der Waals surface area contributed by atoms with Crippen LogP contribution in [-0.4, -0.2) is 45.0 Å². The van der Waals surface area contributed by atoms with Gasteiger partial charge in [0.15, 0.2) is 0 Å². The highest BCUT2D eigenvalue weighted by molar-refractivity contribution is 5.05. The van der Waals surface area contributed by atoms with Crippen LogP contribution in [0.25, 0.3) is 0 Å². The first kappa shape index (κ1) is 14.8. The number of halogens is 2. The van der Waals surface area contributed by atoms with Crippen molar-refractivity contribution >= 4 is 0 Å². The summed E-state index contributed by atoms with van der Waals surface area (Å²) < 4.78 is 32.4. The van der Waals surface area contributed by atoms with E-state index in [1.54, 1.807) is 0 Å². The number of aryl methyl sites for hydroxylation is 1. The van der Waals surface area contributed by atoms with Crippen LogP contribution in [0.1, 0.15) is 12.0 Å². The van der Waals surface area contributed by atoms with Crippen molar-refractivity contribution in [3.05, 3.63) is 32.6 Å². The molecular formula is C11H14F2N2O5. The Morgan fingerprint density at radius 1 is 1.60 bits per heavy atom. The van der Waals surface area contributed by atoms with Crippen molar-refractivity contribution in [2.45, 2.75) is 37.7 Å². The van der Waals surface area contributed by atoms with Gasteiger partial charge in [-0.2, -0.15) is 0 Å². The molecule has 3 N–H and O–H groups in total. The lowest BCUT2D eigenvalue weighted by atomic mass is 10.1. The zero-order chi connectivity index (χ0) is 15.1. The van der Waals surface area contributed by atoms with Crippen molar-refractivity contribution in [2.75, 3.05) is 6.61 Å². The number of aliphatic hydroxyl groups is 2. The van der Waals surface area contributed by atoms with Gasteiger partial charge in [-0.15, -0.1) is 0 Å². The third-order valence-electron chi connectivity index (χ3n) is 3.34. The molecule has 1 aromatic heterocycles. The molecule has 0 spiro atoms. The SMILES string of the molecule is Cc1cn([C@@]2(C(F)F)C[C@H](O)[C@@H](CO)O2)c(=O)[nH]c1=O. The standard InChI is InChI=1S/C11H14F2N2O5/c1-5-3-15(10(19)14-8(5)18)11(9(12)13)2-6(17)7(4-16)20-11/h3,6-7,9,16-17H,2,4H2,1H3,(H,14,18,19)/t6-,7+,11-/m0/s1. The molecule has 2 heterocycles. The van der Waals surface area contributed by atoms with Crippen molar-refractivity contribution < 1.29 is 23.7 Å². The fourth-order valence-corrected chi connectivity index (χ4v) is 2.23. The molecule has 2 rings (SSSR count). The molecule has 1 fully saturated rings. The number of H-pyrrole nitrogens is 1. The van der Waals surface area contributed by atoms with E-state index in [1.807, 2.05) is 4.98 Å². The largest absolute Gasteiger partial charge is 0.394 e. The molecule has 0 aromatic carbocycles. The van der Waals surface area contributed by atoms with Gasteiger partial charge < -0.3 is 14.9 Å². The van der Waals surface area contributed by atoms with Crippen LogP contribution in [-0.2, 0) is 10.5 Å². The molecule has 1 aliphatic heterocycles. The Balaban J connectivity index is 2.59. The van der Waals surface area contributed by atoms with Crippen LogP contribution in [0.4, 0.5) is 8.78 Å². The van der Waals surface area contributed by atoms with E-state index in [2.05, 4.69) is 0 Å². The topological polar surface area (TPSA) is 105 Å². The van der Waals surface area contributed by atoms with E-state index in [-0.39, 0.29) is 5.56 Å². The van der Waals surface area contributed by atoms with E-state index < -0.39 is 48.6 Å². The molecule has 0 radical (unpaired) electrons. The second-order valence-electron chi connectivity index (χ2n) is 4.70. The van der Waals surface area contributed by atoms with Crippen LogP contribution in [0, 0.1) is 6.92 Å². The maximum atomic E-state index is 13.4. The van der Waals surface area contributed by atoms with Gasteiger partial charge >= 0.3 is 5.69 Å².